The summed E-state index contributed by atoms with van der Waals surface area (Å²) in [4.78, 5) is 34.6. The van der Waals surface area contributed by atoms with Crippen molar-refractivity contribution in [3.05, 3.63) is 70.5 Å². The van der Waals surface area contributed by atoms with Crippen LogP contribution >= 0.6 is 23.2 Å². The normalized spacial score (nSPS) is 24.7. The van der Waals surface area contributed by atoms with Crippen molar-refractivity contribution in [1.82, 2.24) is 19.5 Å². The molecule has 0 spiro atoms. The topological polar surface area (TPSA) is 99.7 Å². The molecule has 3 saturated heterocycles. The highest BCUT2D eigenvalue weighted by atomic mass is 35.5. The van der Waals surface area contributed by atoms with Gasteiger partial charge in [0.25, 0.3) is 0 Å². The van der Waals surface area contributed by atoms with Crippen LogP contribution < -0.4 is 4.72 Å². The van der Waals surface area contributed by atoms with Gasteiger partial charge in [0.2, 0.25) is 21.8 Å². The Balaban J connectivity index is 1.10. The van der Waals surface area contributed by atoms with Gasteiger partial charge in [0.1, 0.15) is 11.2 Å². The first kappa shape index (κ1) is 27.4. The average Bonchev–Trinajstić information content (AvgIpc) is 3.50. The summed E-state index contributed by atoms with van der Waals surface area (Å²) in [7, 11) is -3.95. The number of sulfonamides is 1. The van der Waals surface area contributed by atoms with Crippen LogP contribution in [0, 0.1) is 5.92 Å². The second kappa shape index (κ2) is 10.9. The van der Waals surface area contributed by atoms with Gasteiger partial charge in [-0.2, -0.15) is 4.72 Å². The standard InChI is InChI=1S/C29H30Cl2N4O4S/c30-22-6-4-20-15-24(8-5-19(20)13-22)40(38,39)33-25-2-1-11-34(29(25)37)17-28(36)35-23-7-9-26(35)21(14-23)12-18-3-10-27(31)32-16-18/h3-6,8,10,13,15-16,21,23,25-26,33H,1-2,7,9,11-12,14,17H2. The number of hydrogen-bond acceptors (Lipinski definition) is 5. The maximum absolute atomic E-state index is 13.5. The Kier molecular flexibility index (Phi) is 7.50. The molecule has 3 aromatic rings. The number of carbonyl (C=O) groups is 2. The molecule has 1 aromatic heterocycles. The molecule has 2 amide bonds. The number of pyridine rings is 1. The number of halogens is 2. The third-order valence-corrected chi connectivity index (χ3v) is 10.4. The highest BCUT2D eigenvalue weighted by Gasteiger charge is 2.48. The van der Waals surface area contributed by atoms with Gasteiger partial charge in [-0.05, 0) is 91.1 Å². The van der Waals surface area contributed by atoms with Gasteiger partial charge in [-0.15, -0.1) is 0 Å². The summed E-state index contributed by atoms with van der Waals surface area (Å²) in [5, 5.41) is 2.59. The minimum atomic E-state index is -3.95. The molecule has 0 aliphatic carbocycles. The summed E-state index contributed by atoms with van der Waals surface area (Å²) in [6.07, 6.45) is 6.49. The molecular weight excluding hydrogens is 571 g/mol. The molecule has 4 atom stereocenters. The minimum absolute atomic E-state index is 0.0317. The van der Waals surface area contributed by atoms with E-state index < -0.39 is 16.1 Å². The van der Waals surface area contributed by atoms with Crippen molar-refractivity contribution >= 4 is 55.8 Å². The van der Waals surface area contributed by atoms with Gasteiger partial charge in [0.05, 0.1) is 11.4 Å². The van der Waals surface area contributed by atoms with Crippen molar-refractivity contribution in [1.29, 1.82) is 0 Å². The molecule has 3 fully saturated rings. The van der Waals surface area contributed by atoms with Crippen LogP contribution in [0.25, 0.3) is 10.8 Å². The van der Waals surface area contributed by atoms with E-state index in [1.54, 1.807) is 42.6 Å². The van der Waals surface area contributed by atoms with Gasteiger partial charge < -0.3 is 9.80 Å². The van der Waals surface area contributed by atoms with Crippen LogP contribution in [0.1, 0.15) is 37.7 Å². The molecule has 40 heavy (non-hydrogen) atoms. The van der Waals surface area contributed by atoms with E-state index in [9.17, 15) is 18.0 Å². The summed E-state index contributed by atoms with van der Waals surface area (Å²) >= 11 is 12.0. The number of benzene rings is 2. The first-order valence-corrected chi connectivity index (χ1v) is 15.8. The highest BCUT2D eigenvalue weighted by Crippen LogP contribution is 2.43. The lowest BCUT2D eigenvalue weighted by Crippen LogP contribution is -2.55. The Morgan fingerprint density at radius 1 is 1.02 bits per heavy atom. The first-order valence-electron chi connectivity index (χ1n) is 13.6. The molecule has 210 valence electrons. The third kappa shape index (κ3) is 5.44. The number of nitrogens with zero attached hydrogens (tertiary/aromatic N) is 3. The molecule has 8 nitrogen and oxygen atoms in total. The van der Waals surface area contributed by atoms with Crippen LogP contribution in [-0.4, -0.2) is 66.2 Å². The lowest BCUT2D eigenvalue weighted by Gasteiger charge is -2.34. The van der Waals surface area contributed by atoms with Crippen molar-refractivity contribution in [2.24, 2.45) is 5.92 Å². The van der Waals surface area contributed by atoms with E-state index in [1.807, 2.05) is 11.0 Å². The molecule has 11 heteroatoms. The third-order valence-electron chi connectivity index (χ3n) is 8.48. The smallest absolute Gasteiger partial charge is 0.242 e. The van der Waals surface area contributed by atoms with E-state index >= 15 is 0 Å². The summed E-state index contributed by atoms with van der Waals surface area (Å²) in [6.45, 7) is 0.401. The maximum atomic E-state index is 13.5. The number of amides is 2. The van der Waals surface area contributed by atoms with Crippen molar-refractivity contribution in [3.63, 3.8) is 0 Å². The molecule has 0 radical (unpaired) electrons. The Hall–Kier alpha value is -2.72. The molecule has 1 N–H and O–H groups in total. The number of likely N-dealkylation sites (tertiary alicyclic amines) is 1. The van der Waals surface area contributed by atoms with Gasteiger partial charge in [-0.25, -0.2) is 13.4 Å². The Labute approximate surface area is 243 Å². The summed E-state index contributed by atoms with van der Waals surface area (Å²) in [6, 6.07) is 13.2. The Morgan fingerprint density at radius 2 is 1.82 bits per heavy atom. The van der Waals surface area contributed by atoms with Crippen LogP contribution in [0.15, 0.2) is 59.6 Å². The lowest BCUT2D eigenvalue weighted by atomic mass is 9.85. The monoisotopic (exact) mass is 600 g/mol. The maximum Gasteiger partial charge on any atom is 0.242 e. The average molecular weight is 602 g/mol. The zero-order valence-corrected chi connectivity index (χ0v) is 24.1. The van der Waals surface area contributed by atoms with Crippen LogP contribution in [0.4, 0.5) is 0 Å². The van der Waals surface area contributed by atoms with Crippen LogP contribution in [0.2, 0.25) is 10.2 Å². The molecule has 0 saturated carbocycles. The highest BCUT2D eigenvalue weighted by molar-refractivity contribution is 7.89. The largest absolute Gasteiger partial charge is 0.335 e. The fourth-order valence-electron chi connectivity index (χ4n) is 6.62. The fraction of sp³-hybridized carbons (Fsp3) is 0.414. The van der Waals surface area contributed by atoms with E-state index in [2.05, 4.69) is 9.71 Å². The zero-order chi connectivity index (χ0) is 28.0. The molecule has 3 aliphatic heterocycles. The summed E-state index contributed by atoms with van der Waals surface area (Å²) in [5.74, 6) is -0.0689. The SMILES string of the molecule is O=C1C(NS(=O)(=O)c2ccc3cc(Cl)ccc3c2)CCCN1CC(=O)N1C2CCC1C(Cc1ccc(Cl)nc1)C2. The second-order valence-corrected chi connectivity index (χ2v) is 13.6. The van der Waals surface area contributed by atoms with E-state index in [0.29, 0.717) is 35.5 Å². The number of carbonyl (C=O) groups excluding carboxylic acids is 2. The summed E-state index contributed by atoms with van der Waals surface area (Å²) in [5.41, 5.74) is 1.10. The number of nitrogens with one attached hydrogen (secondary N) is 1. The van der Waals surface area contributed by atoms with Crippen molar-refractivity contribution in [2.75, 3.05) is 13.1 Å². The van der Waals surface area contributed by atoms with E-state index in [4.69, 9.17) is 23.2 Å². The molecule has 2 bridgehead atoms. The first-order chi connectivity index (χ1) is 19.2. The number of piperidine rings is 1. The number of aromatic nitrogens is 1. The lowest BCUT2D eigenvalue weighted by molar-refractivity contribution is -0.143. The Bertz CT molecular complexity index is 1570. The molecule has 3 aliphatic rings. The molecule has 4 unspecified atom stereocenters. The predicted octanol–water partition coefficient (Wildman–Crippen LogP) is 4.43. The number of fused-ring (bicyclic) bond motifs is 3. The van der Waals surface area contributed by atoms with Gasteiger partial charge in [-0.3, -0.25) is 9.59 Å². The van der Waals surface area contributed by atoms with Crippen LogP contribution in [-0.2, 0) is 26.0 Å². The van der Waals surface area contributed by atoms with Crippen LogP contribution in [0.3, 0.4) is 0 Å². The second-order valence-electron chi connectivity index (χ2n) is 11.0. The van der Waals surface area contributed by atoms with Gasteiger partial charge in [0, 0.05) is 29.8 Å². The van der Waals surface area contributed by atoms with Crippen molar-refractivity contribution in [2.45, 2.75) is 61.5 Å². The molecular formula is C29H30Cl2N4O4S. The molecule has 4 heterocycles. The molecule has 2 aromatic carbocycles. The number of hydrogen-bond donors (Lipinski definition) is 1. The predicted molar refractivity (Wildman–Crippen MR) is 154 cm³/mol. The van der Waals surface area contributed by atoms with E-state index in [1.165, 1.54) is 11.0 Å². The quantitative estimate of drug-likeness (QED) is 0.404. The van der Waals surface area contributed by atoms with Crippen molar-refractivity contribution in [3.8, 4) is 0 Å². The summed E-state index contributed by atoms with van der Waals surface area (Å²) < 4.78 is 29.0. The Morgan fingerprint density at radius 3 is 2.62 bits per heavy atom. The van der Waals surface area contributed by atoms with Gasteiger partial charge in [-0.1, -0.05) is 41.4 Å². The van der Waals surface area contributed by atoms with E-state index in [-0.39, 0.29) is 35.3 Å². The van der Waals surface area contributed by atoms with Gasteiger partial charge >= 0.3 is 0 Å². The van der Waals surface area contributed by atoms with Gasteiger partial charge in [0.15, 0.2) is 0 Å². The number of rotatable bonds is 7. The minimum Gasteiger partial charge on any atom is -0.335 e. The van der Waals surface area contributed by atoms with Crippen molar-refractivity contribution < 1.29 is 18.0 Å². The fourth-order valence-corrected chi connectivity index (χ4v) is 8.17. The molecule has 6 rings (SSSR count). The zero-order valence-electron chi connectivity index (χ0n) is 21.8. The van der Waals surface area contributed by atoms with Crippen LogP contribution in [0.5, 0.6) is 0 Å². The van der Waals surface area contributed by atoms with E-state index in [0.717, 1.165) is 42.0 Å².